The first-order valence-corrected chi connectivity index (χ1v) is 6.23. The Labute approximate surface area is 95.8 Å². The van der Waals surface area contributed by atoms with Gasteiger partial charge in [0.1, 0.15) is 11.6 Å². The van der Waals surface area contributed by atoms with E-state index in [1.165, 1.54) is 19.3 Å². The second-order valence-corrected chi connectivity index (χ2v) is 5.01. The van der Waals surface area contributed by atoms with Crippen molar-refractivity contribution in [1.82, 2.24) is 14.8 Å². The summed E-state index contributed by atoms with van der Waals surface area (Å²) >= 11 is 5.87. The number of hydrogen-bond acceptors (Lipinski definition) is 2. The summed E-state index contributed by atoms with van der Waals surface area (Å²) in [6.45, 7) is 5.41. The highest BCUT2D eigenvalue weighted by Crippen LogP contribution is 2.35. The van der Waals surface area contributed by atoms with E-state index in [0.717, 1.165) is 18.2 Å². The maximum Gasteiger partial charge on any atom is 0.147 e. The van der Waals surface area contributed by atoms with Gasteiger partial charge >= 0.3 is 0 Å². The van der Waals surface area contributed by atoms with Crippen molar-refractivity contribution in [2.75, 3.05) is 0 Å². The SMILES string of the molecule is CC(C)Cn1c(CCl)nnc1C1CCC1. The van der Waals surface area contributed by atoms with Crippen molar-refractivity contribution in [2.24, 2.45) is 5.92 Å². The van der Waals surface area contributed by atoms with Gasteiger partial charge in [0.25, 0.3) is 0 Å². The Morgan fingerprint density at radius 2 is 2.13 bits per heavy atom. The molecule has 0 N–H and O–H groups in total. The summed E-state index contributed by atoms with van der Waals surface area (Å²) in [5, 5.41) is 8.46. The molecular weight excluding hydrogens is 210 g/mol. The summed E-state index contributed by atoms with van der Waals surface area (Å²) in [5.41, 5.74) is 0. The zero-order valence-electron chi connectivity index (χ0n) is 9.41. The fourth-order valence-electron chi connectivity index (χ4n) is 1.98. The molecule has 0 spiro atoms. The van der Waals surface area contributed by atoms with Crippen molar-refractivity contribution in [3.63, 3.8) is 0 Å². The summed E-state index contributed by atoms with van der Waals surface area (Å²) in [5.74, 6) is 3.79. The fourth-order valence-corrected chi connectivity index (χ4v) is 2.18. The van der Waals surface area contributed by atoms with E-state index in [9.17, 15) is 0 Å². The van der Waals surface area contributed by atoms with Crippen molar-refractivity contribution >= 4 is 11.6 Å². The lowest BCUT2D eigenvalue weighted by molar-refractivity contribution is 0.374. The molecule has 0 aromatic carbocycles. The number of nitrogens with zero attached hydrogens (tertiary/aromatic N) is 3. The monoisotopic (exact) mass is 227 g/mol. The first-order valence-electron chi connectivity index (χ1n) is 5.70. The van der Waals surface area contributed by atoms with Gasteiger partial charge in [-0.25, -0.2) is 0 Å². The molecule has 0 amide bonds. The molecule has 15 heavy (non-hydrogen) atoms. The second-order valence-electron chi connectivity index (χ2n) is 4.74. The molecule has 0 unspecified atom stereocenters. The van der Waals surface area contributed by atoms with Gasteiger partial charge in [-0.3, -0.25) is 0 Å². The Balaban J connectivity index is 2.23. The summed E-state index contributed by atoms with van der Waals surface area (Å²) in [7, 11) is 0. The van der Waals surface area contributed by atoms with Gasteiger partial charge in [-0.15, -0.1) is 21.8 Å². The van der Waals surface area contributed by atoms with Crippen LogP contribution >= 0.6 is 11.6 Å². The van der Waals surface area contributed by atoms with Crippen LogP contribution in [0.5, 0.6) is 0 Å². The van der Waals surface area contributed by atoms with Crippen LogP contribution in [0.1, 0.15) is 50.7 Å². The average molecular weight is 228 g/mol. The minimum Gasteiger partial charge on any atom is -0.313 e. The Bertz CT molecular complexity index is 329. The van der Waals surface area contributed by atoms with Crippen LogP contribution in [-0.4, -0.2) is 14.8 Å². The molecule has 0 radical (unpaired) electrons. The molecule has 4 heteroatoms. The molecule has 1 fully saturated rings. The van der Waals surface area contributed by atoms with Gasteiger partial charge in [0, 0.05) is 12.5 Å². The maximum absolute atomic E-state index is 5.87. The third-order valence-electron chi connectivity index (χ3n) is 2.99. The molecule has 2 rings (SSSR count). The van der Waals surface area contributed by atoms with Crippen molar-refractivity contribution in [1.29, 1.82) is 0 Å². The molecule has 1 saturated carbocycles. The van der Waals surface area contributed by atoms with Crippen LogP contribution < -0.4 is 0 Å². The predicted octanol–water partition coefficient (Wildman–Crippen LogP) is 2.94. The highest BCUT2D eigenvalue weighted by molar-refractivity contribution is 6.16. The van der Waals surface area contributed by atoms with E-state index < -0.39 is 0 Å². The predicted molar refractivity (Wildman–Crippen MR) is 61.0 cm³/mol. The van der Waals surface area contributed by atoms with Gasteiger partial charge in [-0.05, 0) is 18.8 Å². The molecule has 0 bridgehead atoms. The van der Waals surface area contributed by atoms with Crippen molar-refractivity contribution in [2.45, 2.75) is 51.5 Å². The van der Waals surface area contributed by atoms with Crippen LogP contribution in [0.2, 0.25) is 0 Å². The molecule has 0 saturated heterocycles. The summed E-state index contributed by atoms with van der Waals surface area (Å²) in [4.78, 5) is 0. The average Bonchev–Trinajstić information content (AvgIpc) is 2.45. The van der Waals surface area contributed by atoms with Gasteiger partial charge in [0.15, 0.2) is 0 Å². The fraction of sp³-hybridized carbons (Fsp3) is 0.818. The van der Waals surface area contributed by atoms with E-state index in [-0.39, 0.29) is 0 Å². The summed E-state index contributed by atoms with van der Waals surface area (Å²) < 4.78 is 2.22. The third-order valence-corrected chi connectivity index (χ3v) is 3.23. The topological polar surface area (TPSA) is 30.7 Å². The normalized spacial score (nSPS) is 17.1. The van der Waals surface area contributed by atoms with Crippen molar-refractivity contribution in [3.05, 3.63) is 11.6 Å². The highest BCUT2D eigenvalue weighted by Gasteiger charge is 2.26. The maximum atomic E-state index is 5.87. The first kappa shape index (κ1) is 10.9. The van der Waals surface area contributed by atoms with Gasteiger partial charge in [-0.1, -0.05) is 20.3 Å². The smallest absolute Gasteiger partial charge is 0.147 e. The summed E-state index contributed by atoms with van der Waals surface area (Å²) in [6.07, 6.45) is 3.85. The highest BCUT2D eigenvalue weighted by atomic mass is 35.5. The van der Waals surface area contributed by atoms with Crippen LogP contribution in [0.3, 0.4) is 0 Å². The Morgan fingerprint density at radius 3 is 2.60 bits per heavy atom. The molecule has 1 aromatic rings. The van der Waals surface area contributed by atoms with Crippen LogP contribution in [0.4, 0.5) is 0 Å². The lowest BCUT2D eigenvalue weighted by Crippen LogP contribution is -2.18. The number of rotatable bonds is 4. The van der Waals surface area contributed by atoms with E-state index in [1.807, 2.05) is 0 Å². The molecule has 84 valence electrons. The van der Waals surface area contributed by atoms with Crippen LogP contribution in [-0.2, 0) is 12.4 Å². The van der Waals surface area contributed by atoms with E-state index in [0.29, 0.717) is 17.7 Å². The molecule has 1 heterocycles. The van der Waals surface area contributed by atoms with E-state index in [1.54, 1.807) is 0 Å². The molecule has 0 aliphatic heterocycles. The lowest BCUT2D eigenvalue weighted by Gasteiger charge is -2.25. The molecule has 3 nitrogen and oxygen atoms in total. The minimum atomic E-state index is 0.465. The second kappa shape index (κ2) is 4.52. The first-order chi connectivity index (χ1) is 7.22. The molecular formula is C11H18ClN3. The van der Waals surface area contributed by atoms with Crippen LogP contribution in [0.25, 0.3) is 0 Å². The zero-order chi connectivity index (χ0) is 10.8. The van der Waals surface area contributed by atoms with Crippen molar-refractivity contribution < 1.29 is 0 Å². The molecule has 1 aliphatic carbocycles. The standard InChI is InChI=1S/C11H18ClN3/c1-8(2)7-15-10(6-12)13-14-11(15)9-4-3-5-9/h8-9H,3-7H2,1-2H3. The molecule has 0 atom stereocenters. The molecule has 1 aromatic heterocycles. The van der Waals surface area contributed by atoms with Gasteiger partial charge < -0.3 is 4.57 Å². The largest absolute Gasteiger partial charge is 0.313 e. The number of halogens is 1. The number of alkyl halides is 1. The van der Waals surface area contributed by atoms with Crippen LogP contribution in [0, 0.1) is 5.92 Å². The zero-order valence-corrected chi connectivity index (χ0v) is 10.2. The van der Waals surface area contributed by atoms with Gasteiger partial charge in [0.05, 0.1) is 5.88 Å². The molecule has 1 aliphatic rings. The van der Waals surface area contributed by atoms with E-state index >= 15 is 0 Å². The third kappa shape index (κ3) is 2.17. The quantitative estimate of drug-likeness (QED) is 0.741. The summed E-state index contributed by atoms with van der Waals surface area (Å²) in [6, 6.07) is 0. The number of aromatic nitrogens is 3. The number of hydrogen-bond donors (Lipinski definition) is 0. The van der Waals surface area contributed by atoms with Gasteiger partial charge in [-0.2, -0.15) is 0 Å². The van der Waals surface area contributed by atoms with E-state index in [4.69, 9.17) is 11.6 Å². The Morgan fingerprint density at radius 1 is 1.40 bits per heavy atom. The van der Waals surface area contributed by atoms with Crippen molar-refractivity contribution in [3.8, 4) is 0 Å². The lowest BCUT2D eigenvalue weighted by atomic mass is 9.85. The Hall–Kier alpha value is -0.570. The minimum absolute atomic E-state index is 0.465. The Kier molecular flexibility index (Phi) is 3.29. The van der Waals surface area contributed by atoms with E-state index in [2.05, 4.69) is 28.6 Å². The van der Waals surface area contributed by atoms with Crippen LogP contribution in [0.15, 0.2) is 0 Å². The van der Waals surface area contributed by atoms with Gasteiger partial charge in [0.2, 0.25) is 0 Å².